The van der Waals surface area contributed by atoms with Crippen molar-refractivity contribution in [1.29, 1.82) is 0 Å². The molecular weight excluding hydrogens is 322 g/mol. The van der Waals surface area contributed by atoms with E-state index in [1.807, 2.05) is 62.4 Å². The molecule has 0 aliphatic heterocycles. The number of rotatable bonds is 5. The van der Waals surface area contributed by atoms with Gasteiger partial charge in [0.15, 0.2) is 6.61 Å². The molecule has 3 aromatic rings. The Labute approximate surface area is 144 Å². The van der Waals surface area contributed by atoms with Crippen molar-refractivity contribution in [2.45, 2.75) is 13.8 Å². The van der Waals surface area contributed by atoms with Crippen LogP contribution in [0.1, 0.15) is 11.1 Å². The zero-order chi connectivity index (χ0) is 16.9. The monoisotopic (exact) mass is 339 g/mol. The van der Waals surface area contributed by atoms with Gasteiger partial charge in [-0.3, -0.25) is 10.1 Å². The second-order valence-corrected chi connectivity index (χ2v) is 6.34. The number of aryl methyl sites for hydroxylation is 2. The summed E-state index contributed by atoms with van der Waals surface area (Å²) in [5.41, 5.74) is 3.29. The number of anilines is 1. The van der Waals surface area contributed by atoms with Crippen molar-refractivity contribution in [3.63, 3.8) is 0 Å². The molecule has 3 rings (SSSR count). The highest BCUT2D eigenvalue weighted by atomic mass is 32.1. The molecule has 1 amide bonds. The van der Waals surface area contributed by atoms with Crippen molar-refractivity contribution in [3.8, 4) is 16.3 Å². The number of nitrogens with zero attached hydrogens (tertiary/aromatic N) is 2. The fourth-order valence-electron chi connectivity index (χ4n) is 2.08. The molecule has 1 aromatic heterocycles. The van der Waals surface area contributed by atoms with Crippen molar-refractivity contribution in [1.82, 2.24) is 10.2 Å². The van der Waals surface area contributed by atoms with Gasteiger partial charge in [0.1, 0.15) is 10.8 Å². The molecule has 0 saturated carbocycles. The van der Waals surface area contributed by atoms with E-state index < -0.39 is 0 Å². The van der Waals surface area contributed by atoms with E-state index >= 15 is 0 Å². The number of aromatic nitrogens is 2. The van der Waals surface area contributed by atoms with Gasteiger partial charge in [-0.2, -0.15) is 0 Å². The topological polar surface area (TPSA) is 64.1 Å². The van der Waals surface area contributed by atoms with Gasteiger partial charge in [0.25, 0.3) is 5.91 Å². The molecule has 122 valence electrons. The van der Waals surface area contributed by atoms with Crippen LogP contribution in [0.25, 0.3) is 10.6 Å². The summed E-state index contributed by atoms with van der Waals surface area (Å²) in [5, 5.41) is 12.0. The van der Waals surface area contributed by atoms with Gasteiger partial charge in [0.2, 0.25) is 5.13 Å². The molecule has 6 heteroatoms. The Balaban J connectivity index is 1.57. The van der Waals surface area contributed by atoms with Crippen molar-refractivity contribution in [2.24, 2.45) is 0 Å². The number of benzene rings is 2. The fraction of sp³-hybridized carbons (Fsp3) is 0.167. The molecule has 2 aromatic carbocycles. The standard InChI is InChI=1S/C18H17N3O2S/c1-12-8-9-15(10-13(12)2)23-11-16(22)19-18-21-20-17(24-18)14-6-4-3-5-7-14/h3-10H,11H2,1-2H3,(H,19,21,22). The molecule has 0 atom stereocenters. The van der Waals surface area contributed by atoms with Crippen LogP contribution in [0, 0.1) is 13.8 Å². The molecule has 0 spiro atoms. The molecule has 1 heterocycles. The highest BCUT2D eigenvalue weighted by molar-refractivity contribution is 7.18. The van der Waals surface area contributed by atoms with Crippen molar-refractivity contribution >= 4 is 22.4 Å². The van der Waals surface area contributed by atoms with Gasteiger partial charge in [0.05, 0.1) is 0 Å². The Hall–Kier alpha value is -2.73. The molecule has 0 aliphatic carbocycles. The minimum absolute atomic E-state index is 0.0667. The average molecular weight is 339 g/mol. The van der Waals surface area contributed by atoms with Crippen molar-refractivity contribution in [2.75, 3.05) is 11.9 Å². The first-order valence-electron chi connectivity index (χ1n) is 7.50. The van der Waals surface area contributed by atoms with E-state index in [1.54, 1.807) is 0 Å². The molecule has 5 nitrogen and oxygen atoms in total. The summed E-state index contributed by atoms with van der Waals surface area (Å²) in [5.74, 6) is 0.416. The number of amides is 1. The third-order valence-electron chi connectivity index (χ3n) is 3.54. The summed E-state index contributed by atoms with van der Waals surface area (Å²) >= 11 is 1.33. The van der Waals surface area contributed by atoms with E-state index in [2.05, 4.69) is 15.5 Å². The highest BCUT2D eigenvalue weighted by Crippen LogP contribution is 2.25. The first kappa shape index (κ1) is 16.1. The Bertz CT molecular complexity index is 846. The van der Waals surface area contributed by atoms with Crippen LogP contribution in [-0.2, 0) is 4.79 Å². The maximum Gasteiger partial charge on any atom is 0.264 e. The van der Waals surface area contributed by atoms with Gasteiger partial charge in [-0.25, -0.2) is 0 Å². The third-order valence-corrected chi connectivity index (χ3v) is 4.43. The average Bonchev–Trinajstić information content (AvgIpc) is 3.05. The number of carbonyl (C=O) groups excluding carboxylic acids is 1. The summed E-state index contributed by atoms with van der Waals surface area (Å²) < 4.78 is 5.51. The zero-order valence-corrected chi connectivity index (χ0v) is 14.3. The summed E-state index contributed by atoms with van der Waals surface area (Å²) in [6, 6.07) is 15.5. The van der Waals surface area contributed by atoms with Crippen molar-refractivity contribution in [3.05, 3.63) is 59.7 Å². The van der Waals surface area contributed by atoms with Crippen LogP contribution in [0.4, 0.5) is 5.13 Å². The van der Waals surface area contributed by atoms with Crippen LogP contribution < -0.4 is 10.1 Å². The first-order chi connectivity index (χ1) is 11.6. The number of carbonyl (C=O) groups is 1. The first-order valence-corrected chi connectivity index (χ1v) is 8.32. The van der Waals surface area contributed by atoms with Gasteiger partial charge >= 0.3 is 0 Å². The Kier molecular flexibility index (Phi) is 4.86. The number of hydrogen-bond donors (Lipinski definition) is 1. The molecule has 0 fully saturated rings. The summed E-state index contributed by atoms with van der Waals surface area (Å²) in [6.45, 7) is 3.98. The summed E-state index contributed by atoms with van der Waals surface area (Å²) in [7, 11) is 0. The maximum absolute atomic E-state index is 12.0. The van der Waals surface area contributed by atoms with Gasteiger partial charge in [-0.15, -0.1) is 10.2 Å². The Morgan fingerprint density at radius 2 is 1.88 bits per heavy atom. The second kappa shape index (κ2) is 7.23. The third kappa shape index (κ3) is 3.97. The predicted molar refractivity (Wildman–Crippen MR) is 95.4 cm³/mol. The van der Waals surface area contributed by atoms with Gasteiger partial charge in [-0.05, 0) is 37.1 Å². The molecular formula is C18H17N3O2S. The minimum Gasteiger partial charge on any atom is -0.484 e. The lowest BCUT2D eigenvalue weighted by Gasteiger charge is -2.07. The van der Waals surface area contributed by atoms with Gasteiger partial charge in [0, 0.05) is 5.56 Å². The van der Waals surface area contributed by atoms with Crippen LogP contribution in [0.15, 0.2) is 48.5 Å². The second-order valence-electron chi connectivity index (χ2n) is 5.36. The van der Waals surface area contributed by atoms with E-state index in [4.69, 9.17) is 4.74 Å². The SMILES string of the molecule is Cc1ccc(OCC(=O)Nc2nnc(-c3ccccc3)s2)cc1C. The lowest BCUT2D eigenvalue weighted by atomic mass is 10.1. The predicted octanol–water partition coefficient (Wildman–Crippen LogP) is 3.84. The normalized spacial score (nSPS) is 10.4. The molecule has 0 unspecified atom stereocenters. The minimum atomic E-state index is -0.260. The molecule has 0 bridgehead atoms. The Morgan fingerprint density at radius 3 is 2.62 bits per heavy atom. The van der Waals surface area contributed by atoms with E-state index in [-0.39, 0.29) is 12.5 Å². The van der Waals surface area contributed by atoms with Gasteiger partial charge < -0.3 is 4.74 Å². The summed E-state index contributed by atoms with van der Waals surface area (Å²) in [4.78, 5) is 12.0. The summed E-state index contributed by atoms with van der Waals surface area (Å²) in [6.07, 6.45) is 0. The van der Waals surface area contributed by atoms with Crippen LogP contribution in [0.5, 0.6) is 5.75 Å². The van der Waals surface area contributed by atoms with E-state index in [9.17, 15) is 4.79 Å². The van der Waals surface area contributed by atoms with Crippen LogP contribution in [0.2, 0.25) is 0 Å². The van der Waals surface area contributed by atoms with E-state index in [0.29, 0.717) is 10.9 Å². The van der Waals surface area contributed by atoms with Gasteiger partial charge in [-0.1, -0.05) is 47.7 Å². The number of hydrogen-bond acceptors (Lipinski definition) is 5. The molecule has 24 heavy (non-hydrogen) atoms. The molecule has 1 N–H and O–H groups in total. The largest absolute Gasteiger partial charge is 0.484 e. The number of ether oxygens (including phenoxy) is 1. The number of nitrogens with one attached hydrogen (secondary N) is 1. The molecule has 0 saturated heterocycles. The smallest absolute Gasteiger partial charge is 0.264 e. The lowest BCUT2D eigenvalue weighted by molar-refractivity contribution is -0.118. The molecule has 0 radical (unpaired) electrons. The van der Waals surface area contributed by atoms with Crippen LogP contribution in [0.3, 0.4) is 0 Å². The maximum atomic E-state index is 12.0. The lowest BCUT2D eigenvalue weighted by Crippen LogP contribution is -2.20. The van der Waals surface area contributed by atoms with E-state index in [0.717, 1.165) is 16.1 Å². The van der Waals surface area contributed by atoms with Crippen LogP contribution >= 0.6 is 11.3 Å². The zero-order valence-electron chi connectivity index (χ0n) is 13.4. The highest BCUT2D eigenvalue weighted by Gasteiger charge is 2.10. The quantitative estimate of drug-likeness (QED) is 0.767. The van der Waals surface area contributed by atoms with E-state index in [1.165, 1.54) is 16.9 Å². The fourth-order valence-corrected chi connectivity index (χ4v) is 2.84. The molecule has 0 aliphatic rings. The van der Waals surface area contributed by atoms with Crippen LogP contribution in [-0.4, -0.2) is 22.7 Å². The van der Waals surface area contributed by atoms with Crippen molar-refractivity contribution < 1.29 is 9.53 Å². The Morgan fingerprint density at radius 1 is 1.08 bits per heavy atom.